The second-order valence-electron chi connectivity index (χ2n) is 7.19. The lowest BCUT2D eigenvalue weighted by molar-refractivity contribution is -0.222. The lowest BCUT2D eigenvalue weighted by atomic mass is 10.00. The third-order valence-corrected chi connectivity index (χ3v) is 5.33. The van der Waals surface area contributed by atoms with Crippen molar-refractivity contribution in [2.45, 2.75) is 45.4 Å². The summed E-state index contributed by atoms with van der Waals surface area (Å²) in [6, 6.07) is 9.50. The van der Waals surface area contributed by atoms with E-state index in [0.717, 1.165) is 29.9 Å². The van der Waals surface area contributed by atoms with Gasteiger partial charge in [0.05, 0.1) is 5.56 Å². The molecule has 0 fully saturated rings. The molecule has 2 aromatic heterocycles. The summed E-state index contributed by atoms with van der Waals surface area (Å²) in [6.07, 6.45) is 5.06. The minimum absolute atomic E-state index is 0.178. The Morgan fingerprint density at radius 3 is 2.42 bits per heavy atom. The van der Waals surface area contributed by atoms with Crippen LogP contribution in [0.2, 0.25) is 0 Å². The van der Waals surface area contributed by atoms with Crippen LogP contribution in [0.5, 0.6) is 0 Å². The molecule has 1 aromatic carbocycles. The zero-order valence-electron chi connectivity index (χ0n) is 18.3. The molecule has 0 aliphatic rings. The molecule has 8 heteroatoms. The van der Waals surface area contributed by atoms with E-state index in [1.165, 1.54) is 6.20 Å². The van der Waals surface area contributed by atoms with Crippen molar-refractivity contribution in [3.63, 3.8) is 0 Å². The summed E-state index contributed by atoms with van der Waals surface area (Å²) in [7, 11) is 3.19. The van der Waals surface area contributed by atoms with Crippen molar-refractivity contribution >= 4 is 5.97 Å². The largest absolute Gasteiger partial charge is 0.478 e. The number of carbonyl (C=O) groups is 1. The van der Waals surface area contributed by atoms with E-state index < -0.39 is 11.8 Å². The molecular weight excluding hydrogens is 396 g/mol. The van der Waals surface area contributed by atoms with Gasteiger partial charge in [0.15, 0.2) is 0 Å². The number of pyridine rings is 1. The number of aromatic carboxylic acids is 1. The number of hydrogen-bond donors (Lipinski definition) is 1. The smallest absolute Gasteiger partial charge is 0.337 e. The van der Waals surface area contributed by atoms with Crippen LogP contribution in [0.3, 0.4) is 0 Å². The van der Waals surface area contributed by atoms with Gasteiger partial charge >= 0.3 is 5.97 Å². The first-order chi connectivity index (χ1) is 15.0. The number of carboxylic acids is 1. The van der Waals surface area contributed by atoms with E-state index in [4.69, 9.17) is 14.5 Å². The fourth-order valence-corrected chi connectivity index (χ4v) is 3.57. The van der Waals surface area contributed by atoms with Crippen molar-refractivity contribution in [3.05, 3.63) is 65.5 Å². The van der Waals surface area contributed by atoms with Gasteiger partial charge in [-0.3, -0.25) is 4.98 Å². The Bertz CT molecular complexity index is 1020. The maximum atomic E-state index is 11.5. The van der Waals surface area contributed by atoms with Crippen LogP contribution in [0.4, 0.5) is 0 Å². The molecule has 2 heterocycles. The molecule has 0 atom stereocenters. The van der Waals surface area contributed by atoms with Crippen LogP contribution in [0.15, 0.2) is 42.7 Å². The Labute approximate surface area is 181 Å². The van der Waals surface area contributed by atoms with Gasteiger partial charge in [-0.2, -0.15) is 5.10 Å². The number of benzene rings is 1. The van der Waals surface area contributed by atoms with Gasteiger partial charge in [0.2, 0.25) is 11.6 Å². The van der Waals surface area contributed by atoms with Gasteiger partial charge in [0.1, 0.15) is 5.82 Å². The number of carboxylic acid groups (broad SMARTS) is 1. The highest BCUT2D eigenvalue weighted by Gasteiger charge is 2.35. The first kappa shape index (κ1) is 22.6. The highest BCUT2D eigenvalue weighted by Crippen LogP contribution is 2.28. The minimum Gasteiger partial charge on any atom is -0.478 e. The van der Waals surface area contributed by atoms with E-state index in [2.05, 4.69) is 17.0 Å². The predicted octanol–water partition coefficient (Wildman–Crippen LogP) is 3.89. The topological polar surface area (TPSA) is 99.4 Å². The molecule has 1 N–H and O–H groups in total. The molecule has 0 saturated heterocycles. The third-order valence-electron chi connectivity index (χ3n) is 5.33. The third kappa shape index (κ3) is 4.65. The summed E-state index contributed by atoms with van der Waals surface area (Å²) in [5.74, 6) is -0.621. The van der Waals surface area contributed by atoms with Gasteiger partial charge in [-0.25, -0.2) is 14.5 Å². The highest BCUT2D eigenvalue weighted by molar-refractivity contribution is 5.95. The van der Waals surface area contributed by atoms with Gasteiger partial charge in [-0.15, -0.1) is 0 Å². The van der Waals surface area contributed by atoms with E-state index in [1.807, 2.05) is 35.9 Å². The maximum Gasteiger partial charge on any atom is 0.337 e. The van der Waals surface area contributed by atoms with E-state index in [1.54, 1.807) is 26.5 Å². The Kier molecular flexibility index (Phi) is 7.14. The van der Waals surface area contributed by atoms with Crippen molar-refractivity contribution in [3.8, 4) is 11.1 Å². The van der Waals surface area contributed by atoms with Crippen molar-refractivity contribution in [2.75, 3.05) is 14.2 Å². The van der Waals surface area contributed by atoms with E-state index in [0.29, 0.717) is 24.2 Å². The molecule has 0 spiro atoms. The fraction of sp³-hybridized carbons (Fsp3) is 0.391. The second kappa shape index (κ2) is 9.80. The number of aryl methyl sites for hydroxylation is 1. The van der Waals surface area contributed by atoms with Crippen LogP contribution in [-0.2, 0) is 28.2 Å². The summed E-state index contributed by atoms with van der Waals surface area (Å²) in [6.45, 7) is 4.80. The number of methoxy groups -OCH3 is 2. The predicted molar refractivity (Wildman–Crippen MR) is 116 cm³/mol. The van der Waals surface area contributed by atoms with Crippen molar-refractivity contribution in [2.24, 2.45) is 0 Å². The standard InChI is InChI=1S/C23H28N4O4/c1-5-13-27-20(25-22(26-27)23(6-2,30-3)31-4)14-16-7-9-17(10-8-16)18-11-12-24-15-19(18)21(28)29/h7-12,15H,5-6,13-14H2,1-4H3,(H,28,29). The SMILES string of the molecule is CCCn1nc(C(CC)(OC)OC)nc1Cc1ccc(-c2ccncc2C(=O)O)cc1. The Hall–Kier alpha value is -3.10. The zero-order chi connectivity index (χ0) is 22.4. The summed E-state index contributed by atoms with van der Waals surface area (Å²) in [4.78, 5) is 20.1. The summed E-state index contributed by atoms with van der Waals surface area (Å²) < 4.78 is 13.1. The number of aromatic nitrogens is 4. The molecule has 0 bridgehead atoms. The molecule has 0 radical (unpaired) electrons. The molecule has 0 unspecified atom stereocenters. The Morgan fingerprint density at radius 1 is 1.13 bits per heavy atom. The van der Waals surface area contributed by atoms with Crippen molar-refractivity contribution in [1.29, 1.82) is 0 Å². The normalized spacial score (nSPS) is 11.6. The Balaban J connectivity index is 1.90. The summed E-state index contributed by atoms with van der Waals surface area (Å²) >= 11 is 0. The van der Waals surface area contributed by atoms with Gasteiger partial charge in [-0.1, -0.05) is 38.1 Å². The summed E-state index contributed by atoms with van der Waals surface area (Å²) in [5, 5.41) is 14.1. The first-order valence-electron chi connectivity index (χ1n) is 10.3. The number of nitrogens with zero attached hydrogens (tertiary/aromatic N) is 4. The van der Waals surface area contributed by atoms with Crippen LogP contribution < -0.4 is 0 Å². The van der Waals surface area contributed by atoms with Crippen LogP contribution in [0, 0.1) is 0 Å². The Morgan fingerprint density at radius 2 is 1.84 bits per heavy atom. The van der Waals surface area contributed by atoms with E-state index in [-0.39, 0.29) is 5.56 Å². The maximum absolute atomic E-state index is 11.5. The van der Waals surface area contributed by atoms with Crippen LogP contribution in [0.25, 0.3) is 11.1 Å². The number of ether oxygens (including phenoxy) is 2. The highest BCUT2D eigenvalue weighted by atomic mass is 16.7. The zero-order valence-corrected chi connectivity index (χ0v) is 18.3. The number of hydrogen-bond acceptors (Lipinski definition) is 6. The van der Waals surface area contributed by atoms with Gasteiger partial charge < -0.3 is 14.6 Å². The quantitative estimate of drug-likeness (QED) is 0.493. The molecule has 3 aromatic rings. The van der Waals surface area contributed by atoms with Crippen LogP contribution in [0.1, 0.15) is 54.3 Å². The van der Waals surface area contributed by atoms with Gasteiger partial charge in [-0.05, 0) is 29.2 Å². The molecule has 8 nitrogen and oxygen atoms in total. The molecule has 0 amide bonds. The van der Waals surface area contributed by atoms with Gasteiger partial charge in [0, 0.05) is 46.0 Å². The average Bonchev–Trinajstić information content (AvgIpc) is 3.19. The molecule has 0 saturated carbocycles. The van der Waals surface area contributed by atoms with Gasteiger partial charge in [0.25, 0.3) is 0 Å². The lowest BCUT2D eigenvalue weighted by Crippen LogP contribution is -2.31. The first-order valence-corrected chi connectivity index (χ1v) is 10.3. The minimum atomic E-state index is -0.997. The molecule has 31 heavy (non-hydrogen) atoms. The second-order valence-corrected chi connectivity index (χ2v) is 7.19. The fourth-order valence-electron chi connectivity index (χ4n) is 3.57. The van der Waals surface area contributed by atoms with Crippen LogP contribution >= 0.6 is 0 Å². The molecule has 0 aliphatic carbocycles. The number of rotatable bonds is 10. The van der Waals surface area contributed by atoms with Crippen LogP contribution in [-0.4, -0.2) is 45.0 Å². The average molecular weight is 425 g/mol. The lowest BCUT2D eigenvalue weighted by Gasteiger charge is -2.26. The molecule has 0 aliphatic heterocycles. The van der Waals surface area contributed by atoms with Crippen molar-refractivity contribution < 1.29 is 19.4 Å². The molecular formula is C23H28N4O4. The van der Waals surface area contributed by atoms with E-state index >= 15 is 0 Å². The molecule has 164 valence electrons. The van der Waals surface area contributed by atoms with E-state index in [9.17, 15) is 9.90 Å². The van der Waals surface area contributed by atoms with Crippen molar-refractivity contribution in [1.82, 2.24) is 19.7 Å². The monoisotopic (exact) mass is 424 g/mol. The molecule has 3 rings (SSSR count). The summed E-state index contributed by atoms with van der Waals surface area (Å²) in [5.41, 5.74) is 2.68.